The Morgan fingerprint density at radius 2 is 1.73 bits per heavy atom. The molecule has 2 aromatic carbocycles. The Morgan fingerprint density at radius 1 is 1.00 bits per heavy atom. The van der Waals surface area contributed by atoms with Crippen LogP contribution in [0.1, 0.15) is 41.4 Å². The van der Waals surface area contributed by atoms with Gasteiger partial charge in [0.15, 0.2) is 17.7 Å². The monoisotopic (exact) mass is 296 g/mol. The maximum atomic E-state index is 12.8. The van der Waals surface area contributed by atoms with Crippen molar-refractivity contribution in [1.82, 2.24) is 0 Å². The lowest BCUT2D eigenvalue weighted by Crippen LogP contribution is -2.28. The van der Waals surface area contributed by atoms with Gasteiger partial charge in [0, 0.05) is 5.56 Å². The normalized spacial score (nSPS) is 23.4. The number of Topliss-reactive ketones (excluding diaryl/α,β-unsaturated/α-hetero) is 1. The van der Waals surface area contributed by atoms with Crippen LogP contribution in [0.3, 0.4) is 0 Å². The molecule has 1 fully saturated rings. The number of ether oxygens (including phenoxy) is 2. The first-order valence-corrected chi connectivity index (χ1v) is 7.48. The lowest BCUT2D eigenvalue weighted by molar-refractivity contribution is -0.143. The number of hydrogen-bond acceptors (Lipinski definition) is 3. The van der Waals surface area contributed by atoms with Crippen molar-refractivity contribution in [3.8, 4) is 0 Å². The first-order chi connectivity index (χ1) is 10.5. The molecule has 0 saturated carbocycles. The molecule has 3 nitrogen and oxygen atoms in total. The maximum Gasteiger partial charge on any atom is 0.194 e. The molecule has 1 aliphatic heterocycles. The van der Waals surface area contributed by atoms with Crippen molar-refractivity contribution in [1.29, 1.82) is 0 Å². The first kappa shape index (κ1) is 14.9. The number of ketones is 1. The van der Waals surface area contributed by atoms with Crippen molar-refractivity contribution in [3.63, 3.8) is 0 Å². The molecule has 114 valence electrons. The van der Waals surface area contributed by atoms with Crippen molar-refractivity contribution >= 4 is 5.78 Å². The topological polar surface area (TPSA) is 35.5 Å². The third kappa shape index (κ3) is 2.96. The van der Waals surface area contributed by atoms with Crippen LogP contribution in [0.15, 0.2) is 54.6 Å². The van der Waals surface area contributed by atoms with E-state index in [1.54, 1.807) is 0 Å². The van der Waals surface area contributed by atoms with E-state index in [0.717, 1.165) is 11.1 Å². The fourth-order valence-electron chi connectivity index (χ4n) is 2.81. The molecule has 0 radical (unpaired) electrons. The van der Waals surface area contributed by atoms with Gasteiger partial charge in [-0.3, -0.25) is 4.79 Å². The summed E-state index contributed by atoms with van der Waals surface area (Å²) in [6.45, 7) is 5.71. The third-order valence-electron chi connectivity index (χ3n) is 3.78. The molecule has 1 heterocycles. The number of carbonyl (C=O) groups is 1. The SMILES string of the molecule is Cc1cccc([C@H]2OC(C)(C)O[C@@H]2C(=O)c2ccccc2)c1. The molecule has 3 rings (SSSR count). The molecule has 0 amide bonds. The average molecular weight is 296 g/mol. The molecule has 0 aromatic heterocycles. The minimum Gasteiger partial charge on any atom is -0.339 e. The lowest BCUT2D eigenvalue weighted by Gasteiger charge is -2.17. The van der Waals surface area contributed by atoms with Crippen LogP contribution < -0.4 is 0 Å². The van der Waals surface area contributed by atoms with Gasteiger partial charge in [0.1, 0.15) is 6.10 Å². The Morgan fingerprint density at radius 3 is 2.41 bits per heavy atom. The molecular weight excluding hydrogens is 276 g/mol. The van der Waals surface area contributed by atoms with E-state index in [-0.39, 0.29) is 11.9 Å². The van der Waals surface area contributed by atoms with Gasteiger partial charge in [-0.15, -0.1) is 0 Å². The van der Waals surface area contributed by atoms with Crippen LogP contribution in [-0.2, 0) is 9.47 Å². The molecule has 22 heavy (non-hydrogen) atoms. The Hall–Kier alpha value is -1.97. The molecule has 3 heteroatoms. The number of carbonyl (C=O) groups excluding carboxylic acids is 1. The highest BCUT2D eigenvalue weighted by molar-refractivity contribution is 6.00. The second-order valence-electron chi connectivity index (χ2n) is 6.12. The van der Waals surface area contributed by atoms with Crippen LogP contribution in [0.4, 0.5) is 0 Å². The summed E-state index contributed by atoms with van der Waals surface area (Å²) < 4.78 is 11.9. The highest BCUT2D eigenvalue weighted by Gasteiger charge is 2.45. The highest BCUT2D eigenvalue weighted by atomic mass is 16.8. The van der Waals surface area contributed by atoms with Crippen LogP contribution in [0.5, 0.6) is 0 Å². The van der Waals surface area contributed by atoms with Gasteiger partial charge in [-0.25, -0.2) is 0 Å². The number of benzene rings is 2. The Balaban J connectivity index is 1.95. The lowest BCUT2D eigenvalue weighted by atomic mass is 9.96. The van der Waals surface area contributed by atoms with E-state index in [1.165, 1.54) is 0 Å². The molecule has 1 saturated heterocycles. The van der Waals surface area contributed by atoms with Crippen molar-refractivity contribution < 1.29 is 14.3 Å². The first-order valence-electron chi connectivity index (χ1n) is 7.48. The van der Waals surface area contributed by atoms with E-state index in [1.807, 2.05) is 75.4 Å². The van der Waals surface area contributed by atoms with Crippen LogP contribution in [0.25, 0.3) is 0 Å². The zero-order valence-corrected chi connectivity index (χ0v) is 13.1. The van der Waals surface area contributed by atoms with Gasteiger partial charge in [0.25, 0.3) is 0 Å². The average Bonchev–Trinajstić information content (AvgIpc) is 2.83. The van der Waals surface area contributed by atoms with Crippen molar-refractivity contribution in [2.24, 2.45) is 0 Å². The van der Waals surface area contributed by atoms with E-state index in [2.05, 4.69) is 0 Å². The van der Waals surface area contributed by atoms with Gasteiger partial charge >= 0.3 is 0 Å². The number of hydrogen-bond donors (Lipinski definition) is 0. The summed E-state index contributed by atoms with van der Waals surface area (Å²) in [5.41, 5.74) is 2.75. The van der Waals surface area contributed by atoms with E-state index in [9.17, 15) is 4.79 Å². The van der Waals surface area contributed by atoms with Gasteiger partial charge in [0.2, 0.25) is 0 Å². The zero-order chi connectivity index (χ0) is 15.7. The summed E-state index contributed by atoms with van der Waals surface area (Å²) in [6.07, 6.45) is -1.01. The van der Waals surface area contributed by atoms with Gasteiger partial charge in [-0.1, -0.05) is 60.2 Å². The Kier molecular flexibility index (Phi) is 3.85. The highest BCUT2D eigenvalue weighted by Crippen LogP contribution is 2.39. The van der Waals surface area contributed by atoms with Gasteiger partial charge in [-0.2, -0.15) is 0 Å². The van der Waals surface area contributed by atoms with Crippen molar-refractivity contribution in [3.05, 3.63) is 71.3 Å². The van der Waals surface area contributed by atoms with Crippen molar-refractivity contribution in [2.75, 3.05) is 0 Å². The van der Waals surface area contributed by atoms with E-state index < -0.39 is 11.9 Å². The predicted octanol–water partition coefficient (Wildman–Crippen LogP) is 4.07. The summed E-state index contributed by atoms with van der Waals surface area (Å²) >= 11 is 0. The Bertz CT molecular complexity index is 676. The van der Waals surface area contributed by atoms with E-state index in [0.29, 0.717) is 5.56 Å². The van der Waals surface area contributed by atoms with Crippen molar-refractivity contribution in [2.45, 2.75) is 38.8 Å². The molecule has 0 aliphatic carbocycles. The summed E-state index contributed by atoms with van der Waals surface area (Å²) in [6, 6.07) is 17.3. The van der Waals surface area contributed by atoms with E-state index in [4.69, 9.17) is 9.47 Å². The molecule has 0 N–H and O–H groups in total. The molecular formula is C19H20O3. The molecule has 0 unspecified atom stereocenters. The van der Waals surface area contributed by atoms with Gasteiger partial charge in [-0.05, 0) is 26.3 Å². The fourth-order valence-corrected chi connectivity index (χ4v) is 2.81. The van der Waals surface area contributed by atoms with Crippen LogP contribution in [-0.4, -0.2) is 17.7 Å². The van der Waals surface area contributed by atoms with Gasteiger partial charge < -0.3 is 9.47 Å². The molecule has 1 aliphatic rings. The minimum absolute atomic E-state index is 0.0438. The Labute approximate surface area is 130 Å². The number of rotatable bonds is 3. The standard InChI is InChI=1S/C19H20O3/c1-13-8-7-11-15(12-13)17-18(22-19(2,3)21-17)16(20)14-9-5-4-6-10-14/h4-12,17-18H,1-3H3/t17-,18-/m1/s1. The van der Waals surface area contributed by atoms with Crippen LogP contribution in [0.2, 0.25) is 0 Å². The summed E-state index contributed by atoms with van der Waals surface area (Å²) in [4.78, 5) is 12.8. The molecule has 2 atom stereocenters. The zero-order valence-electron chi connectivity index (χ0n) is 13.1. The van der Waals surface area contributed by atoms with E-state index >= 15 is 0 Å². The quantitative estimate of drug-likeness (QED) is 0.801. The second kappa shape index (κ2) is 5.67. The third-order valence-corrected chi connectivity index (χ3v) is 3.78. The van der Waals surface area contributed by atoms with Gasteiger partial charge in [0.05, 0.1) is 0 Å². The second-order valence-corrected chi connectivity index (χ2v) is 6.12. The summed E-state index contributed by atoms with van der Waals surface area (Å²) in [7, 11) is 0. The van der Waals surface area contributed by atoms with Crippen LogP contribution >= 0.6 is 0 Å². The predicted molar refractivity (Wildman–Crippen MR) is 84.7 cm³/mol. The van der Waals surface area contributed by atoms with Crippen LogP contribution in [0, 0.1) is 6.92 Å². The number of aryl methyl sites for hydroxylation is 1. The summed E-state index contributed by atoms with van der Waals surface area (Å²) in [5.74, 6) is -0.818. The molecule has 2 aromatic rings. The smallest absolute Gasteiger partial charge is 0.194 e. The fraction of sp³-hybridized carbons (Fsp3) is 0.316. The molecule has 0 spiro atoms. The minimum atomic E-state index is -0.774. The largest absolute Gasteiger partial charge is 0.339 e. The molecule has 0 bridgehead atoms. The maximum absolute atomic E-state index is 12.8. The summed E-state index contributed by atoms with van der Waals surface area (Å²) in [5, 5.41) is 0.